The summed E-state index contributed by atoms with van der Waals surface area (Å²) in [7, 11) is 0. The lowest BCUT2D eigenvalue weighted by Gasteiger charge is -2.04. The van der Waals surface area contributed by atoms with Gasteiger partial charge in [0.1, 0.15) is 0 Å². The maximum atomic E-state index is 11.0. The molecule has 0 atom stereocenters. The second-order valence-electron chi connectivity index (χ2n) is 2.42. The second-order valence-corrected chi connectivity index (χ2v) is 3.26. The zero-order chi connectivity index (χ0) is 10.0. The molecule has 0 fully saturated rings. The van der Waals surface area contributed by atoms with Crippen molar-refractivity contribution in [3.8, 4) is 0 Å². The molecule has 13 heavy (non-hydrogen) atoms. The first-order valence-corrected chi connectivity index (χ1v) is 4.23. The summed E-state index contributed by atoms with van der Waals surface area (Å²) in [4.78, 5) is 11.0. The van der Waals surface area contributed by atoms with Crippen LogP contribution >= 0.6 is 23.2 Å². The van der Waals surface area contributed by atoms with Gasteiger partial charge in [0.15, 0.2) is 0 Å². The van der Waals surface area contributed by atoms with Crippen molar-refractivity contribution in [3.05, 3.63) is 39.9 Å². The molecule has 4 heteroatoms. The molecular formula is C9H7Cl2NO. The Bertz CT molecular complexity index is 374. The van der Waals surface area contributed by atoms with Gasteiger partial charge in [-0.1, -0.05) is 35.9 Å². The molecule has 0 heterocycles. The first-order chi connectivity index (χ1) is 6.06. The monoisotopic (exact) mass is 215 g/mol. The Morgan fingerprint density at radius 2 is 2.08 bits per heavy atom. The van der Waals surface area contributed by atoms with E-state index in [0.717, 1.165) is 0 Å². The number of hydrogen-bond acceptors (Lipinski definition) is 1. The Labute approximate surface area is 85.9 Å². The highest BCUT2D eigenvalue weighted by molar-refractivity contribution is 6.37. The van der Waals surface area contributed by atoms with Crippen molar-refractivity contribution in [2.24, 2.45) is 5.73 Å². The largest absolute Gasteiger partial charge is 0.366 e. The second kappa shape index (κ2) is 3.81. The van der Waals surface area contributed by atoms with Crippen LogP contribution in [0.1, 0.15) is 15.9 Å². The molecule has 0 aromatic heterocycles. The van der Waals surface area contributed by atoms with Crippen molar-refractivity contribution < 1.29 is 4.79 Å². The van der Waals surface area contributed by atoms with Gasteiger partial charge in [-0.05, 0) is 17.7 Å². The lowest BCUT2D eigenvalue weighted by atomic mass is 10.1. The molecule has 0 unspecified atom stereocenters. The highest BCUT2D eigenvalue weighted by Gasteiger charge is 2.11. The number of carbonyl (C=O) groups excluding carboxylic acids is 1. The van der Waals surface area contributed by atoms with Crippen LogP contribution in [0.5, 0.6) is 0 Å². The van der Waals surface area contributed by atoms with Crippen LogP contribution < -0.4 is 5.73 Å². The van der Waals surface area contributed by atoms with Gasteiger partial charge in [0.05, 0.1) is 10.6 Å². The van der Waals surface area contributed by atoms with E-state index in [-0.39, 0.29) is 10.6 Å². The Morgan fingerprint density at radius 1 is 1.46 bits per heavy atom. The summed E-state index contributed by atoms with van der Waals surface area (Å²) < 4.78 is 0. The van der Waals surface area contributed by atoms with Gasteiger partial charge in [-0.3, -0.25) is 4.79 Å². The van der Waals surface area contributed by atoms with Crippen LogP contribution in [0.3, 0.4) is 0 Å². The molecule has 2 nitrogen and oxygen atoms in total. The maximum absolute atomic E-state index is 11.0. The van der Waals surface area contributed by atoms with Crippen molar-refractivity contribution in [2.75, 3.05) is 0 Å². The number of halogens is 2. The summed E-state index contributed by atoms with van der Waals surface area (Å²) >= 11 is 11.5. The van der Waals surface area contributed by atoms with Crippen molar-refractivity contribution in [3.63, 3.8) is 0 Å². The molecule has 68 valence electrons. The van der Waals surface area contributed by atoms with E-state index in [1.54, 1.807) is 6.07 Å². The molecule has 0 saturated heterocycles. The summed E-state index contributed by atoms with van der Waals surface area (Å²) in [5.41, 5.74) is 5.92. The van der Waals surface area contributed by atoms with Crippen LogP contribution in [-0.4, -0.2) is 5.91 Å². The number of nitrogens with two attached hydrogens (primary N) is 1. The van der Waals surface area contributed by atoms with Crippen LogP contribution in [0.2, 0.25) is 10.0 Å². The van der Waals surface area contributed by atoms with Gasteiger partial charge in [-0.25, -0.2) is 0 Å². The van der Waals surface area contributed by atoms with Crippen molar-refractivity contribution in [1.29, 1.82) is 0 Å². The molecule has 2 N–H and O–H groups in total. The van der Waals surface area contributed by atoms with E-state index in [2.05, 4.69) is 6.58 Å². The molecule has 1 aromatic carbocycles. The molecule has 0 radical (unpaired) electrons. The van der Waals surface area contributed by atoms with Gasteiger partial charge in [-0.2, -0.15) is 0 Å². The SMILES string of the molecule is C=Cc1cc(Cl)cc(Cl)c1C(N)=O. The Balaban J connectivity index is 3.47. The van der Waals surface area contributed by atoms with Gasteiger partial charge < -0.3 is 5.73 Å². The van der Waals surface area contributed by atoms with Gasteiger partial charge in [-0.15, -0.1) is 0 Å². The van der Waals surface area contributed by atoms with Crippen LogP contribution in [0.15, 0.2) is 18.7 Å². The average Bonchev–Trinajstić information content (AvgIpc) is 2.01. The minimum Gasteiger partial charge on any atom is -0.366 e. The van der Waals surface area contributed by atoms with Gasteiger partial charge >= 0.3 is 0 Å². The number of hydrogen-bond donors (Lipinski definition) is 1. The minimum atomic E-state index is -0.587. The number of benzene rings is 1. The van der Waals surface area contributed by atoms with Gasteiger partial charge in [0.25, 0.3) is 5.91 Å². The molecule has 0 spiro atoms. The topological polar surface area (TPSA) is 43.1 Å². The van der Waals surface area contributed by atoms with E-state index in [0.29, 0.717) is 10.6 Å². The molecule has 0 saturated carbocycles. The van der Waals surface area contributed by atoms with E-state index in [9.17, 15) is 4.79 Å². The van der Waals surface area contributed by atoms with Crippen LogP contribution in [-0.2, 0) is 0 Å². The summed E-state index contributed by atoms with van der Waals surface area (Å²) in [5, 5.41) is 0.694. The third-order valence-corrected chi connectivity index (χ3v) is 2.07. The molecule has 1 amide bonds. The molecule has 0 aliphatic carbocycles. The smallest absolute Gasteiger partial charge is 0.250 e. The lowest BCUT2D eigenvalue weighted by Crippen LogP contribution is -2.13. The lowest BCUT2D eigenvalue weighted by molar-refractivity contribution is 0.100. The maximum Gasteiger partial charge on any atom is 0.250 e. The van der Waals surface area contributed by atoms with Gasteiger partial charge in [0, 0.05) is 5.02 Å². The average molecular weight is 216 g/mol. The van der Waals surface area contributed by atoms with Crippen molar-refractivity contribution >= 4 is 35.2 Å². The third-order valence-electron chi connectivity index (χ3n) is 1.55. The Kier molecular flexibility index (Phi) is 2.96. The highest BCUT2D eigenvalue weighted by atomic mass is 35.5. The molecule has 1 rings (SSSR count). The molecular weight excluding hydrogens is 209 g/mol. The minimum absolute atomic E-state index is 0.245. The zero-order valence-corrected chi connectivity index (χ0v) is 8.19. The molecule has 0 bridgehead atoms. The fraction of sp³-hybridized carbons (Fsp3) is 0. The third kappa shape index (κ3) is 2.02. The zero-order valence-electron chi connectivity index (χ0n) is 6.68. The summed E-state index contributed by atoms with van der Waals surface area (Å²) in [6, 6.07) is 3.05. The normalized spacial score (nSPS) is 9.69. The number of primary amides is 1. The van der Waals surface area contributed by atoms with E-state index in [1.807, 2.05) is 0 Å². The molecule has 0 aliphatic heterocycles. The van der Waals surface area contributed by atoms with E-state index in [4.69, 9.17) is 28.9 Å². The van der Waals surface area contributed by atoms with Crippen LogP contribution in [0, 0.1) is 0 Å². The predicted octanol–water partition coefficient (Wildman–Crippen LogP) is 2.74. The van der Waals surface area contributed by atoms with E-state index < -0.39 is 5.91 Å². The van der Waals surface area contributed by atoms with Crippen molar-refractivity contribution in [1.82, 2.24) is 0 Å². The van der Waals surface area contributed by atoms with Crippen LogP contribution in [0.25, 0.3) is 6.08 Å². The molecule has 1 aromatic rings. The predicted molar refractivity (Wildman–Crippen MR) is 55.1 cm³/mol. The fourth-order valence-electron chi connectivity index (χ4n) is 1.01. The molecule has 0 aliphatic rings. The first kappa shape index (κ1) is 10.1. The summed E-state index contributed by atoms with van der Waals surface area (Å²) in [6.07, 6.45) is 1.48. The summed E-state index contributed by atoms with van der Waals surface area (Å²) in [6.45, 7) is 3.53. The van der Waals surface area contributed by atoms with Crippen LogP contribution in [0.4, 0.5) is 0 Å². The highest BCUT2D eigenvalue weighted by Crippen LogP contribution is 2.25. The van der Waals surface area contributed by atoms with Gasteiger partial charge in [0.2, 0.25) is 0 Å². The summed E-state index contributed by atoms with van der Waals surface area (Å²) in [5.74, 6) is -0.587. The number of rotatable bonds is 2. The Morgan fingerprint density at radius 3 is 2.54 bits per heavy atom. The Hall–Kier alpha value is -0.990. The number of carbonyl (C=O) groups is 1. The standard InChI is InChI=1S/C9H7Cl2NO/c1-2-5-3-6(10)4-7(11)8(5)9(12)13/h2-4H,1H2,(H2,12,13). The van der Waals surface area contributed by atoms with E-state index in [1.165, 1.54) is 12.1 Å². The number of amides is 1. The fourth-order valence-corrected chi connectivity index (χ4v) is 1.62. The van der Waals surface area contributed by atoms with Crippen molar-refractivity contribution in [2.45, 2.75) is 0 Å². The first-order valence-electron chi connectivity index (χ1n) is 3.47. The van der Waals surface area contributed by atoms with E-state index >= 15 is 0 Å². The quantitative estimate of drug-likeness (QED) is 0.811.